The largest absolute Gasteiger partial charge is 0.477 e. The lowest BCUT2D eigenvalue weighted by molar-refractivity contribution is -0.134. The zero-order valence-corrected chi connectivity index (χ0v) is 13.5. The van der Waals surface area contributed by atoms with Gasteiger partial charge in [0.15, 0.2) is 0 Å². The third kappa shape index (κ3) is 3.35. The van der Waals surface area contributed by atoms with Gasteiger partial charge in [-0.15, -0.1) is 11.8 Å². The van der Waals surface area contributed by atoms with Gasteiger partial charge in [-0.2, -0.15) is 0 Å². The topological polar surface area (TPSA) is 125 Å². The Morgan fingerprint density at radius 2 is 2.39 bits per heavy atom. The Morgan fingerprint density at radius 1 is 1.70 bits per heavy atom. The fourth-order valence-corrected chi connectivity index (χ4v) is 3.93. The number of cyclic esters (lactones) is 1. The maximum atomic E-state index is 12.1. The van der Waals surface area contributed by atoms with Gasteiger partial charge in [-0.1, -0.05) is 6.58 Å². The van der Waals surface area contributed by atoms with Crippen LogP contribution in [0.15, 0.2) is 27.9 Å². The number of amides is 1. The van der Waals surface area contributed by atoms with E-state index in [1.54, 1.807) is 6.92 Å². The highest BCUT2D eigenvalue weighted by molar-refractivity contribution is 8.03. The van der Waals surface area contributed by atoms with Crippen LogP contribution in [0, 0.1) is 5.92 Å². The van der Waals surface area contributed by atoms with Gasteiger partial charge >= 0.3 is 12.1 Å². The maximum absolute atomic E-state index is 12.1. The minimum atomic E-state index is -1.20. The Hall–Kier alpha value is -2.00. The van der Waals surface area contributed by atoms with Crippen LogP contribution in [0.5, 0.6) is 0 Å². The summed E-state index contributed by atoms with van der Waals surface area (Å²) >= 11 is 1.31. The Balaban J connectivity index is 2.28. The number of aliphatic hydroxyl groups is 1. The second-order valence-electron chi connectivity index (χ2n) is 5.22. The third-order valence-corrected chi connectivity index (χ3v) is 4.85. The van der Waals surface area contributed by atoms with E-state index in [9.17, 15) is 19.8 Å². The van der Waals surface area contributed by atoms with Crippen LogP contribution < -0.4 is 5.73 Å². The number of carboxylic acids is 1. The lowest BCUT2D eigenvalue weighted by atomic mass is 9.90. The van der Waals surface area contributed by atoms with Gasteiger partial charge in [0.2, 0.25) is 0 Å². The van der Waals surface area contributed by atoms with E-state index in [0.29, 0.717) is 23.6 Å². The molecule has 9 heteroatoms. The number of carbonyl (C=O) groups excluding carboxylic acids is 1. The summed E-state index contributed by atoms with van der Waals surface area (Å²) in [6.07, 6.45) is -0.0628. The zero-order valence-electron chi connectivity index (χ0n) is 12.6. The van der Waals surface area contributed by atoms with Gasteiger partial charge in [-0.05, 0) is 6.92 Å². The average Bonchev–Trinajstić information content (AvgIpc) is 2.82. The molecule has 0 saturated carbocycles. The van der Waals surface area contributed by atoms with Crippen molar-refractivity contribution in [3.8, 4) is 0 Å². The highest BCUT2D eigenvalue weighted by Gasteiger charge is 2.50. The summed E-state index contributed by atoms with van der Waals surface area (Å²) in [4.78, 5) is 29.3. The number of fused-ring (bicyclic) bond motifs is 1. The molecule has 0 spiro atoms. The predicted octanol–water partition coefficient (Wildman–Crippen LogP) is 0.738. The molecular weight excluding hydrogens is 322 g/mol. The number of ether oxygens (including phenoxy) is 1. The second kappa shape index (κ2) is 7.05. The first-order valence-electron chi connectivity index (χ1n) is 7.05. The number of carboxylic acid groups (broad SMARTS) is 1. The van der Waals surface area contributed by atoms with E-state index in [4.69, 9.17) is 10.5 Å². The van der Waals surface area contributed by atoms with Crippen molar-refractivity contribution in [3.05, 3.63) is 22.9 Å². The molecule has 1 fully saturated rings. The minimum absolute atomic E-state index is 0.0973. The van der Waals surface area contributed by atoms with Crippen molar-refractivity contribution in [2.75, 3.05) is 12.3 Å². The first kappa shape index (κ1) is 17.4. The van der Waals surface area contributed by atoms with Gasteiger partial charge in [0.1, 0.15) is 11.5 Å². The lowest BCUT2D eigenvalue weighted by Crippen LogP contribution is -2.50. The number of rotatable bonds is 6. The molecule has 1 saturated heterocycles. The van der Waals surface area contributed by atoms with E-state index in [0.717, 1.165) is 4.90 Å². The molecule has 126 valence electrons. The molecule has 2 aliphatic heterocycles. The molecule has 1 amide bonds. The van der Waals surface area contributed by atoms with E-state index in [-0.39, 0.29) is 11.5 Å². The van der Waals surface area contributed by atoms with E-state index in [1.807, 2.05) is 0 Å². The quantitative estimate of drug-likeness (QED) is 0.369. The number of nitrogens with two attached hydrogens (primary N) is 1. The Labute approximate surface area is 137 Å². The van der Waals surface area contributed by atoms with Crippen LogP contribution in [0.25, 0.3) is 0 Å². The predicted molar refractivity (Wildman–Crippen MR) is 85.7 cm³/mol. The van der Waals surface area contributed by atoms with Crippen molar-refractivity contribution in [2.24, 2.45) is 16.6 Å². The minimum Gasteiger partial charge on any atom is -0.477 e. The van der Waals surface area contributed by atoms with E-state index in [1.165, 1.54) is 18.1 Å². The van der Waals surface area contributed by atoms with Crippen molar-refractivity contribution in [3.63, 3.8) is 0 Å². The Bertz CT molecular complexity index is 587. The summed E-state index contributed by atoms with van der Waals surface area (Å²) in [6.45, 7) is 5.68. The van der Waals surface area contributed by atoms with Gasteiger partial charge in [0, 0.05) is 17.1 Å². The number of thioether (sulfide) groups is 1. The smallest absolute Gasteiger partial charge is 0.419 e. The summed E-state index contributed by atoms with van der Waals surface area (Å²) in [5.74, 6) is -1.04. The lowest BCUT2D eigenvalue weighted by Gasteiger charge is -2.38. The van der Waals surface area contributed by atoms with Crippen molar-refractivity contribution in [2.45, 2.75) is 25.5 Å². The Kier molecular flexibility index (Phi) is 5.32. The van der Waals surface area contributed by atoms with Crippen LogP contribution in [0.3, 0.4) is 0 Å². The summed E-state index contributed by atoms with van der Waals surface area (Å²) < 4.78 is 5.03. The van der Waals surface area contributed by atoms with Crippen LogP contribution in [-0.4, -0.2) is 58.0 Å². The molecule has 4 N–H and O–H groups in total. The van der Waals surface area contributed by atoms with Gasteiger partial charge in [-0.25, -0.2) is 9.59 Å². The van der Waals surface area contributed by atoms with Crippen molar-refractivity contribution < 1.29 is 24.5 Å². The normalized spacial score (nSPS) is 25.7. The van der Waals surface area contributed by atoms with Crippen molar-refractivity contribution >= 4 is 30.2 Å². The maximum Gasteiger partial charge on any atom is 0.419 e. The first-order chi connectivity index (χ1) is 10.9. The van der Waals surface area contributed by atoms with Crippen LogP contribution in [0.4, 0.5) is 4.79 Å². The number of aliphatic carboxylic acids is 1. The van der Waals surface area contributed by atoms with Crippen molar-refractivity contribution in [1.82, 2.24) is 4.90 Å². The third-order valence-electron chi connectivity index (χ3n) is 3.76. The number of hydrogen-bond acceptors (Lipinski definition) is 6. The molecule has 0 radical (unpaired) electrons. The number of aliphatic imine (C=N–C) groups is 1. The second-order valence-corrected chi connectivity index (χ2v) is 6.41. The van der Waals surface area contributed by atoms with Crippen LogP contribution in [0.1, 0.15) is 13.3 Å². The molecule has 0 aromatic rings. The van der Waals surface area contributed by atoms with Gasteiger partial charge < -0.3 is 20.7 Å². The van der Waals surface area contributed by atoms with Crippen LogP contribution in [0.2, 0.25) is 0 Å². The van der Waals surface area contributed by atoms with Gasteiger partial charge in [-0.3, -0.25) is 9.89 Å². The zero-order chi connectivity index (χ0) is 17.1. The van der Waals surface area contributed by atoms with Gasteiger partial charge in [0.05, 0.1) is 30.9 Å². The number of aliphatic hydroxyl groups excluding tert-OH is 1. The number of nitrogens with zero attached hydrogens (tertiary/aromatic N) is 2. The molecule has 2 aliphatic rings. The monoisotopic (exact) mass is 341 g/mol. The van der Waals surface area contributed by atoms with Crippen LogP contribution in [-0.2, 0) is 9.53 Å². The van der Waals surface area contributed by atoms with E-state index < -0.39 is 30.1 Å². The van der Waals surface area contributed by atoms with Crippen LogP contribution >= 0.6 is 11.8 Å². The number of hydrogen-bond donors (Lipinski definition) is 3. The molecule has 0 bridgehead atoms. The molecule has 3 atom stereocenters. The number of carbonyl (C=O) groups is 2. The van der Waals surface area contributed by atoms with Crippen molar-refractivity contribution in [1.29, 1.82) is 0 Å². The van der Waals surface area contributed by atoms with E-state index >= 15 is 0 Å². The fourth-order valence-electron chi connectivity index (χ4n) is 2.87. The molecule has 23 heavy (non-hydrogen) atoms. The molecule has 2 heterocycles. The summed E-state index contributed by atoms with van der Waals surface area (Å²) in [6, 6.07) is -0.504. The molecule has 0 aromatic carbocycles. The highest BCUT2D eigenvalue weighted by atomic mass is 32.2. The summed E-state index contributed by atoms with van der Waals surface area (Å²) in [7, 11) is 0. The standard InChI is InChI=1S/C14H19N3O5S/c1-7(18)11-8(2)22-14(21)17-9(11)5-10(12(17)13(19)20)23-4-3-16-6-15/h6-7,9,11,18H,2-5H2,1H3,(H2,15,16)(H,19,20)/t7-,9-,11?/m1/s1. The first-order valence-corrected chi connectivity index (χ1v) is 8.04. The average molecular weight is 341 g/mol. The molecule has 8 nitrogen and oxygen atoms in total. The van der Waals surface area contributed by atoms with E-state index in [2.05, 4.69) is 11.6 Å². The van der Waals surface area contributed by atoms with Gasteiger partial charge in [0.25, 0.3) is 0 Å². The summed E-state index contributed by atoms with van der Waals surface area (Å²) in [5.41, 5.74) is 5.07. The molecular formula is C14H19N3O5S. The molecule has 1 unspecified atom stereocenters. The fraction of sp³-hybridized carbons (Fsp3) is 0.500. The Morgan fingerprint density at radius 3 is 2.96 bits per heavy atom. The molecule has 0 aliphatic carbocycles. The molecule has 0 aromatic heterocycles. The SMILES string of the molecule is C=C1OC(=O)N2C(C(=O)O)=C(SCCN=CN)C[C@@H]2C1[C@@H](C)O. The highest BCUT2D eigenvalue weighted by Crippen LogP contribution is 2.44. The molecule has 2 rings (SSSR count). The summed E-state index contributed by atoms with van der Waals surface area (Å²) in [5, 5.41) is 19.4.